The van der Waals surface area contributed by atoms with E-state index in [1.807, 2.05) is 0 Å². The third-order valence-corrected chi connectivity index (χ3v) is 3.25. The molecule has 2 rings (SSSR count). The molecule has 1 aliphatic heterocycles. The van der Waals surface area contributed by atoms with Gasteiger partial charge in [-0.3, -0.25) is 10.1 Å². The van der Waals surface area contributed by atoms with Crippen LogP contribution >= 0.6 is 0 Å². The highest BCUT2D eigenvalue weighted by molar-refractivity contribution is 6.06. The monoisotopic (exact) mass is 266 g/mol. The van der Waals surface area contributed by atoms with Crippen molar-refractivity contribution in [2.45, 2.75) is 25.9 Å². The molecule has 102 valence electrons. The van der Waals surface area contributed by atoms with Crippen molar-refractivity contribution in [3.63, 3.8) is 0 Å². The Morgan fingerprint density at radius 2 is 2.05 bits per heavy atom. The largest absolute Gasteiger partial charge is 0.494 e. The van der Waals surface area contributed by atoms with Gasteiger partial charge in [0, 0.05) is 6.54 Å². The number of carbonyl (C=O) groups is 2. The Morgan fingerprint density at radius 1 is 1.37 bits per heavy atom. The predicted octanol–water partition coefficient (Wildman–Crippen LogP) is 1.66. The summed E-state index contributed by atoms with van der Waals surface area (Å²) in [5, 5.41) is 2.24. The number of nitrogens with one attached hydrogen (secondary N) is 1. The lowest BCUT2D eigenvalue weighted by Crippen LogP contribution is -2.43. The van der Waals surface area contributed by atoms with Crippen LogP contribution in [0.25, 0.3) is 0 Å². The number of halogens is 1. The van der Waals surface area contributed by atoms with E-state index in [0.717, 1.165) is 0 Å². The number of amides is 3. The Morgan fingerprint density at radius 3 is 2.53 bits per heavy atom. The summed E-state index contributed by atoms with van der Waals surface area (Å²) in [6, 6.07) is 3.98. The summed E-state index contributed by atoms with van der Waals surface area (Å²) in [7, 11) is 1.38. The van der Waals surface area contributed by atoms with Gasteiger partial charge in [0.25, 0.3) is 5.91 Å². The van der Waals surface area contributed by atoms with Crippen molar-refractivity contribution in [3.8, 4) is 5.75 Å². The van der Waals surface area contributed by atoms with E-state index in [0.29, 0.717) is 5.56 Å². The zero-order chi connectivity index (χ0) is 14.2. The molecule has 0 radical (unpaired) electrons. The van der Waals surface area contributed by atoms with Crippen LogP contribution in [0, 0.1) is 5.82 Å². The van der Waals surface area contributed by atoms with Gasteiger partial charge in [-0.15, -0.1) is 0 Å². The van der Waals surface area contributed by atoms with Gasteiger partial charge >= 0.3 is 6.03 Å². The highest BCUT2D eigenvalue weighted by Gasteiger charge is 2.45. The van der Waals surface area contributed by atoms with E-state index >= 15 is 0 Å². The molecule has 0 spiro atoms. The van der Waals surface area contributed by atoms with Gasteiger partial charge in [-0.2, -0.15) is 0 Å². The smallest absolute Gasteiger partial charge is 0.325 e. The summed E-state index contributed by atoms with van der Waals surface area (Å²) >= 11 is 0. The van der Waals surface area contributed by atoms with Crippen LogP contribution in [0.15, 0.2) is 18.2 Å². The maximum absolute atomic E-state index is 13.6. The number of ether oxygens (including phenoxy) is 1. The maximum atomic E-state index is 13.6. The molecule has 1 N–H and O–H groups in total. The maximum Gasteiger partial charge on any atom is 0.325 e. The number of hydrogen-bond donors (Lipinski definition) is 1. The Hall–Kier alpha value is -2.11. The summed E-state index contributed by atoms with van der Waals surface area (Å²) < 4.78 is 18.4. The second kappa shape index (κ2) is 4.53. The minimum atomic E-state index is -0.937. The fourth-order valence-electron chi connectivity index (χ4n) is 1.95. The normalized spacial score (nSPS) is 17.6. The second-order valence-electron chi connectivity index (χ2n) is 4.87. The Kier molecular flexibility index (Phi) is 3.18. The van der Waals surface area contributed by atoms with E-state index in [4.69, 9.17) is 4.74 Å². The number of methoxy groups -OCH3 is 1. The van der Waals surface area contributed by atoms with Crippen molar-refractivity contribution in [2.75, 3.05) is 7.11 Å². The number of benzene rings is 1. The molecule has 6 heteroatoms. The van der Waals surface area contributed by atoms with Crippen molar-refractivity contribution < 1.29 is 18.7 Å². The van der Waals surface area contributed by atoms with Crippen LogP contribution < -0.4 is 10.1 Å². The van der Waals surface area contributed by atoms with Crippen LogP contribution in [0.5, 0.6) is 5.75 Å². The molecule has 1 aliphatic rings. The Bertz CT molecular complexity index is 543. The molecular formula is C13H15FN2O3. The summed E-state index contributed by atoms with van der Waals surface area (Å²) in [6.45, 7) is 3.45. The topological polar surface area (TPSA) is 58.6 Å². The fraction of sp³-hybridized carbons (Fsp3) is 0.385. The number of urea groups is 1. The van der Waals surface area contributed by atoms with E-state index in [2.05, 4.69) is 5.32 Å². The van der Waals surface area contributed by atoms with Crippen molar-refractivity contribution in [2.24, 2.45) is 0 Å². The number of rotatable bonds is 3. The molecule has 1 heterocycles. The highest BCUT2D eigenvalue weighted by atomic mass is 19.1. The van der Waals surface area contributed by atoms with Gasteiger partial charge in [0.05, 0.1) is 7.11 Å². The third kappa shape index (κ3) is 2.25. The molecule has 1 fully saturated rings. The summed E-state index contributed by atoms with van der Waals surface area (Å²) in [4.78, 5) is 24.7. The van der Waals surface area contributed by atoms with Crippen molar-refractivity contribution >= 4 is 11.9 Å². The third-order valence-electron chi connectivity index (χ3n) is 3.25. The van der Waals surface area contributed by atoms with Crippen LogP contribution in [0.4, 0.5) is 9.18 Å². The lowest BCUT2D eigenvalue weighted by Gasteiger charge is -2.27. The van der Waals surface area contributed by atoms with Crippen LogP contribution in [0.2, 0.25) is 0 Å². The van der Waals surface area contributed by atoms with Gasteiger partial charge in [0.15, 0.2) is 11.6 Å². The minimum Gasteiger partial charge on any atom is -0.494 e. The van der Waals surface area contributed by atoms with Crippen molar-refractivity contribution in [3.05, 3.63) is 29.6 Å². The quantitative estimate of drug-likeness (QED) is 0.846. The first-order chi connectivity index (χ1) is 8.86. The lowest BCUT2D eigenvalue weighted by atomic mass is 10.0. The molecule has 0 bridgehead atoms. The Labute approximate surface area is 110 Å². The molecule has 19 heavy (non-hydrogen) atoms. The molecule has 3 amide bonds. The number of hydrogen-bond acceptors (Lipinski definition) is 3. The molecule has 0 unspecified atom stereocenters. The zero-order valence-electron chi connectivity index (χ0n) is 11.0. The number of nitrogens with zero attached hydrogens (tertiary/aromatic N) is 1. The molecule has 0 aromatic heterocycles. The van der Waals surface area contributed by atoms with E-state index in [9.17, 15) is 14.0 Å². The fourth-order valence-corrected chi connectivity index (χ4v) is 1.95. The van der Waals surface area contributed by atoms with E-state index in [1.165, 1.54) is 24.1 Å². The standard InChI is InChI=1S/C13H15FN2O3/c1-13(2)11(17)15-12(18)16(13)7-8-4-5-10(19-3)9(14)6-8/h4-6H,7H2,1-3H3,(H,15,17,18). The minimum absolute atomic E-state index is 0.143. The van der Waals surface area contributed by atoms with Gasteiger partial charge in [-0.25, -0.2) is 9.18 Å². The van der Waals surface area contributed by atoms with Crippen molar-refractivity contribution in [1.29, 1.82) is 0 Å². The SMILES string of the molecule is COc1ccc(CN2C(=O)NC(=O)C2(C)C)cc1F. The average molecular weight is 266 g/mol. The Balaban J connectivity index is 2.24. The highest BCUT2D eigenvalue weighted by Crippen LogP contribution is 2.25. The van der Waals surface area contributed by atoms with E-state index in [1.54, 1.807) is 19.9 Å². The van der Waals surface area contributed by atoms with Crippen LogP contribution in [0.1, 0.15) is 19.4 Å². The van der Waals surface area contributed by atoms with Gasteiger partial charge in [0.2, 0.25) is 0 Å². The van der Waals surface area contributed by atoms with Crippen LogP contribution in [0.3, 0.4) is 0 Å². The first-order valence-electron chi connectivity index (χ1n) is 5.81. The second-order valence-corrected chi connectivity index (χ2v) is 4.87. The van der Waals surface area contributed by atoms with E-state index < -0.39 is 17.4 Å². The number of imide groups is 1. The van der Waals surface area contributed by atoms with Crippen LogP contribution in [-0.2, 0) is 11.3 Å². The van der Waals surface area contributed by atoms with Gasteiger partial charge in [-0.05, 0) is 31.5 Å². The molecule has 0 atom stereocenters. The average Bonchev–Trinajstić information content (AvgIpc) is 2.52. The predicted molar refractivity (Wildman–Crippen MR) is 66.1 cm³/mol. The first kappa shape index (κ1) is 13.3. The summed E-state index contributed by atoms with van der Waals surface area (Å²) in [5.41, 5.74) is -0.343. The number of carbonyl (C=O) groups excluding carboxylic acids is 2. The molecule has 0 saturated carbocycles. The first-order valence-corrected chi connectivity index (χ1v) is 5.81. The van der Waals surface area contributed by atoms with Crippen molar-refractivity contribution in [1.82, 2.24) is 10.2 Å². The molecule has 1 saturated heterocycles. The van der Waals surface area contributed by atoms with Gasteiger partial charge < -0.3 is 9.64 Å². The molecule has 5 nitrogen and oxygen atoms in total. The van der Waals surface area contributed by atoms with Gasteiger partial charge in [-0.1, -0.05) is 6.07 Å². The molecule has 1 aromatic rings. The van der Waals surface area contributed by atoms with E-state index in [-0.39, 0.29) is 18.2 Å². The molecular weight excluding hydrogens is 251 g/mol. The van der Waals surface area contributed by atoms with Gasteiger partial charge in [0.1, 0.15) is 5.54 Å². The van der Waals surface area contributed by atoms with Crippen LogP contribution in [-0.4, -0.2) is 29.5 Å². The molecule has 1 aromatic carbocycles. The summed E-state index contributed by atoms with van der Waals surface area (Å²) in [5.74, 6) is -0.708. The lowest BCUT2D eigenvalue weighted by molar-refractivity contribution is -0.125. The molecule has 0 aliphatic carbocycles. The zero-order valence-corrected chi connectivity index (χ0v) is 11.0. The summed E-state index contributed by atoms with van der Waals surface area (Å²) in [6.07, 6.45) is 0.